The average Bonchev–Trinajstić information content (AvgIpc) is 2.78. The van der Waals surface area contributed by atoms with E-state index in [0.717, 1.165) is 11.1 Å². The van der Waals surface area contributed by atoms with Crippen molar-refractivity contribution in [1.82, 2.24) is 5.32 Å². The van der Waals surface area contributed by atoms with E-state index < -0.39 is 12.2 Å². The standard InChI is InChI=1S/C24H24FNO4/c1-17(30-23-11-7-19(8-12-23)18-5-3-2-4-6-18)24(28)26-15-21(27)16-29-22-13-9-20(25)10-14-22/h2-14,17,21,27H,15-16H2,1H3,(H,26,28). The summed E-state index contributed by atoms with van der Waals surface area (Å²) in [6.07, 6.45) is -1.63. The average molecular weight is 409 g/mol. The molecular formula is C24H24FNO4. The topological polar surface area (TPSA) is 67.8 Å². The highest BCUT2D eigenvalue weighted by Crippen LogP contribution is 2.22. The minimum absolute atomic E-state index is 0.0146. The number of hydrogen-bond donors (Lipinski definition) is 2. The van der Waals surface area contributed by atoms with Crippen LogP contribution >= 0.6 is 0 Å². The Morgan fingerprint density at radius 1 is 0.933 bits per heavy atom. The van der Waals surface area contributed by atoms with Crippen molar-refractivity contribution >= 4 is 5.91 Å². The van der Waals surface area contributed by atoms with Crippen LogP contribution in [0.15, 0.2) is 78.9 Å². The van der Waals surface area contributed by atoms with E-state index in [0.29, 0.717) is 11.5 Å². The van der Waals surface area contributed by atoms with Crippen molar-refractivity contribution in [3.8, 4) is 22.6 Å². The fraction of sp³-hybridized carbons (Fsp3) is 0.208. The first-order valence-electron chi connectivity index (χ1n) is 9.67. The molecule has 3 aromatic carbocycles. The minimum Gasteiger partial charge on any atom is -0.491 e. The third-order valence-corrected chi connectivity index (χ3v) is 4.41. The number of carbonyl (C=O) groups is 1. The van der Waals surface area contributed by atoms with Gasteiger partial charge in [0.05, 0.1) is 0 Å². The van der Waals surface area contributed by atoms with Crippen LogP contribution in [-0.4, -0.2) is 36.4 Å². The number of amides is 1. The normalized spacial score (nSPS) is 12.6. The van der Waals surface area contributed by atoms with Crippen molar-refractivity contribution < 1.29 is 23.8 Å². The van der Waals surface area contributed by atoms with Gasteiger partial charge in [-0.1, -0.05) is 42.5 Å². The Hall–Kier alpha value is -3.38. The van der Waals surface area contributed by atoms with Gasteiger partial charge in [-0.3, -0.25) is 4.79 Å². The first-order valence-corrected chi connectivity index (χ1v) is 9.67. The first-order chi connectivity index (χ1) is 14.5. The van der Waals surface area contributed by atoms with Gasteiger partial charge in [0.15, 0.2) is 6.10 Å². The van der Waals surface area contributed by atoms with Crippen molar-refractivity contribution in [3.05, 3.63) is 84.7 Å². The number of nitrogens with one attached hydrogen (secondary N) is 1. The molecule has 0 fully saturated rings. The smallest absolute Gasteiger partial charge is 0.260 e. The van der Waals surface area contributed by atoms with Crippen molar-refractivity contribution in [1.29, 1.82) is 0 Å². The minimum atomic E-state index is -0.906. The molecule has 3 aromatic rings. The maximum absolute atomic E-state index is 12.9. The molecule has 2 N–H and O–H groups in total. The van der Waals surface area contributed by atoms with E-state index in [9.17, 15) is 14.3 Å². The van der Waals surface area contributed by atoms with Gasteiger partial charge in [0.2, 0.25) is 0 Å². The van der Waals surface area contributed by atoms with Crippen LogP contribution in [0.4, 0.5) is 4.39 Å². The molecule has 5 nitrogen and oxygen atoms in total. The summed E-state index contributed by atoms with van der Waals surface area (Å²) in [7, 11) is 0. The molecule has 156 valence electrons. The molecule has 1 amide bonds. The fourth-order valence-electron chi connectivity index (χ4n) is 2.76. The molecule has 3 rings (SSSR count). The lowest BCUT2D eigenvalue weighted by Gasteiger charge is -2.17. The van der Waals surface area contributed by atoms with Crippen molar-refractivity contribution in [2.45, 2.75) is 19.1 Å². The quantitative estimate of drug-likeness (QED) is 0.564. The zero-order valence-corrected chi connectivity index (χ0v) is 16.6. The van der Waals surface area contributed by atoms with E-state index in [1.807, 2.05) is 54.6 Å². The van der Waals surface area contributed by atoms with Gasteiger partial charge in [-0.15, -0.1) is 0 Å². The number of hydrogen-bond acceptors (Lipinski definition) is 4. The second-order valence-corrected chi connectivity index (χ2v) is 6.81. The SMILES string of the molecule is CC(Oc1ccc(-c2ccccc2)cc1)C(=O)NCC(O)COc1ccc(F)cc1. The molecule has 0 aromatic heterocycles. The molecule has 0 bridgehead atoms. The molecule has 0 saturated carbocycles. The monoisotopic (exact) mass is 409 g/mol. The Bertz CT molecular complexity index is 930. The second kappa shape index (κ2) is 10.4. The van der Waals surface area contributed by atoms with Crippen LogP contribution in [0.5, 0.6) is 11.5 Å². The van der Waals surface area contributed by atoms with Crippen LogP contribution in [0.3, 0.4) is 0 Å². The number of benzene rings is 3. The van der Waals surface area contributed by atoms with E-state index >= 15 is 0 Å². The third-order valence-electron chi connectivity index (χ3n) is 4.41. The molecule has 0 saturated heterocycles. The summed E-state index contributed by atoms with van der Waals surface area (Å²) in [5.41, 5.74) is 2.16. The summed E-state index contributed by atoms with van der Waals surface area (Å²) >= 11 is 0. The third kappa shape index (κ3) is 6.32. The summed E-state index contributed by atoms with van der Waals surface area (Å²) in [5, 5.41) is 12.6. The Balaban J connectivity index is 1.42. The van der Waals surface area contributed by atoms with Gasteiger partial charge in [-0.25, -0.2) is 4.39 Å². The molecule has 2 unspecified atom stereocenters. The van der Waals surface area contributed by atoms with Gasteiger partial charge in [-0.2, -0.15) is 0 Å². The summed E-state index contributed by atoms with van der Waals surface area (Å²) in [4.78, 5) is 12.2. The maximum Gasteiger partial charge on any atom is 0.260 e. The molecule has 6 heteroatoms. The molecular weight excluding hydrogens is 385 g/mol. The predicted molar refractivity (Wildman–Crippen MR) is 113 cm³/mol. The Labute approximate surface area is 175 Å². The van der Waals surface area contributed by atoms with Crippen LogP contribution in [0.25, 0.3) is 11.1 Å². The highest BCUT2D eigenvalue weighted by atomic mass is 19.1. The largest absolute Gasteiger partial charge is 0.491 e. The van der Waals surface area contributed by atoms with Crippen LogP contribution < -0.4 is 14.8 Å². The van der Waals surface area contributed by atoms with E-state index in [1.165, 1.54) is 24.3 Å². The molecule has 0 aliphatic carbocycles. The number of ether oxygens (including phenoxy) is 2. The van der Waals surface area contributed by atoms with Gasteiger partial charge in [0, 0.05) is 6.54 Å². The van der Waals surface area contributed by atoms with Crippen LogP contribution in [0, 0.1) is 5.82 Å². The lowest BCUT2D eigenvalue weighted by molar-refractivity contribution is -0.127. The number of carbonyl (C=O) groups excluding carboxylic acids is 1. The van der Waals surface area contributed by atoms with Crippen LogP contribution in [-0.2, 0) is 4.79 Å². The van der Waals surface area contributed by atoms with Crippen molar-refractivity contribution in [2.24, 2.45) is 0 Å². The zero-order chi connectivity index (χ0) is 21.3. The van der Waals surface area contributed by atoms with E-state index in [-0.39, 0.29) is 24.9 Å². The van der Waals surface area contributed by atoms with Gasteiger partial charge < -0.3 is 19.9 Å². The molecule has 0 radical (unpaired) electrons. The number of halogens is 1. The highest BCUT2D eigenvalue weighted by Gasteiger charge is 2.16. The van der Waals surface area contributed by atoms with Crippen LogP contribution in [0.1, 0.15) is 6.92 Å². The van der Waals surface area contributed by atoms with Gasteiger partial charge >= 0.3 is 0 Å². The van der Waals surface area contributed by atoms with Gasteiger partial charge in [0.1, 0.15) is 30.0 Å². The number of aliphatic hydroxyl groups excluding tert-OH is 1. The van der Waals surface area contributed by atoms with E-state index in [4.69, 9.17) is 9.47 Å². The summed E-state index contributed by atoms with van der Waals surface area (Å²) in [6.45, 7) is 1.63. The Morgan fingerprint density at radius 2 is 1.53 bits per heavy atom. The van der Waals surface area contributed by atoms with E-state index in [2.05, 4.69) is 5.32 Å². The first kappa shape index (κ1) is 21.3. The summed E-state index contributed by atoms with van der Waals surface area (Å²) in [6, 6.07) is 23.0. The lowest BCUT2D eigenvalue weighted by atomic mass is 10.1. The summed E-state index contributed by atoms with van der Waals surface area (Å²) < 4.78 is 23.9. The molecule has 30 heavy (non-hydrogen) atoms. The molecule has 0 heterocycles. The summed E-state index contributed by atoms with van der Waals surface area (Å²) in [5.74, 6) is 0.316. The fourth-order valence-corrected chi connectivity index (χ4v) is 2.76. The van der Waals surface area contributed by atoms with Gasteiger partial charge in [0.25, 0.3) is 5.91 Å². The highest BCUT2D eigenvalue weighted by molar-refractivity contribution is 5.80. The maximum atomic E-state index is 12.9. The molecule has 2 atom stereocenters. The van der Waals surface area contributed by atoms with Crippen LogP contribution in [0.2, 0.25) is 0 Å². The molecule has 0 aliphatic rings. The lowest BCUT2D eigenvalue weighted by Crippen LogP contribution is -2.41. The van der Waals surface area contributed by atoms with Crippen molar-refractivity contribution in [3.63, 3.8) is 0 Å². The Kier molecular flexibility index (Phi) is 7.40. The molecule has 0 spiro atoms. The zero-order valence-electron chi connectivity index (χ0n) is 16.6. The van der Waals surface area contributed by atoms with E-state index in [1.54, 1.807) is 6.92 Å². The number of aliphatic hydroxyl groups is 1. The Morgan fingerprint density at radius 3 is 2.20 bits per heavy atom. The van der Waals surface area contributed by atoms with Gasteiger partial charge in [-0.05, 0) is 54.4 Å². The second-order valence-electron chi connectivity index (χ2n) is 6.81. The van der Waals surface area contributed by atoms with Crippen molar-refractivity contribution in [2.75, 3.05) is 13.2 Å². The number of rotatable bonds is 9. The molecule has 0 aliphatic heterocycles. The predicted octanol–water partition coefficient (Wildman–Crippen LogP) is 3.82.